The quantitative estimate of drug-likeness (QED) is 0.0290. The van der Waals surface area contributed by atoms with Gasteiger partial charge in [-0.3, -0.25) is 0 Å². The summed E-state index contributed by atoms with van der Waals surface area (Å²) in [5, 5.41) is -0.378. The van der Waals surface area contributed by atoms with Crippen molar-refractivity contribution in [1.82, 2.24) is 0 Å². The zero-order valence-electron chi connectivity index (χ0n) is 43.9. The van der Waals surface area contributed by atoms with Crippen LogP contribution in [0.25, 0.3) is 0 Å². The van der Waals surface area contributed by atoms with Crippen molar-refractivity contribution >= 4 is 23.5 Å². The summed E-state index contributed by atoms with van der Waals surface area (Å²) >= 11 is 6.38. The van der Waals surface area contributed by atoms with Gasteiger partial charge >= 0.3 is 11.9 Å². The number of esters is 2. The molecular formula is C54H71ClN2O15+2. The molecule has 18 heteroatoms. The number of hydrogen-bond acceptors (Lipinski definition) is 15. The lowest BCUT2D eigenvalue weighted by Gasteiger charge is -2.46. The molecule has 0 saturated heterocycles. The van der Waals surface area contributed by atoms with Crippen LogP contribution in [0.3, 0.4) is 0 Å². The van der Waals surface area contributed by atoms with Gasteiger partial charge in [-0.05, 0) is 59.2 Å². The molecule has 0 unspecified atom stereocenters. The molecule has 17 nitrogen and oxygen atoms in total. The lowest BCUT2D eigenvalue weighted by Crippen LogP contribution is -2.52. The lowest BCUT2D eigenvalue weighted by atomic mass is 9.85. The maximum absolute atomic E-state index is 13.2. The molecule has 2 aliphatic rings. The van der Waals surface area contributed by atoms with Gasteiger partial charge in [-0.2, -0.15) is 0 Å². The van der Waals surface area contributed by atoms with E-state index in [-0.39, 0.29) is 30.3 Å². The Bertz CT molecular complexity index is 2550. The minimum atomic E-state index is -0.821. The molecular weight excluding hydrogens is 952 g/mol. The van der Waals surface area contributed by atoms with Crippen molar-refractivity contribution in [2.45, 2.75) is 44.2 Å². The van der Waals surface area contributed by atoms with Crippen LogP contribution in [0.2, 0.25) is 0 Å². The molecule has 72 heavy (non-hydrogen) atoms. The summed E-state index contributed by atoms with van der Waals surface area (Å²) in [6.45, 7) is 2.93. The van der Waals surface area contributed by atoms with E-state index in [2.05, 4.69) is 14.1 Å². The largest absolute Gasteiger partial charge is 0.493 e. The summed E-state index contributed by atoms with van der Waals surface area (Å²) < 4.78 is 75.7. The SMILES string of the molecule is COc1cc2c(cc1OC)[C@H](c1cc(OC)c(OC)c(OC)c1)[N@@+](C)(CCCOC(=O)/C=C(\Cl)C(=O)OCCC[N@+]1(C)CCc3cc(OC)c(OC)c(OC)c3[C@H]1Cc1cc(OC)c(OC)c(OC)c1)CC2. The average molecular weight is 1020 g/mol. The van der Waals surface area contributed by atoms with Gasteiger partial charge in [0, 0.05) is 49.3 Å². The van der Waals surface area contributed by atoms with Gasteiger partial charge in [0.05, 0.1) is 137 Å². The van der Waals surface area contributed by atoms with Gasteiger partial charge in [0.25, 0.3) is 0 Å². The van der Waals surface area contributed by atoms with E-state index in [4.69, 9.17) is 73.2 Å². The maximum atomic E-state index is 13.2. The van der Waals surface area contributed by atoms with Crippen molar-refractivity contribution < 1.29 is 80.1 Å². The molecule has 0 fully saturated rings. The molecule has 0 radical (unpaired) electrons. The fourth-order valence-electron chi connectivity index (χ4n) is 10.5. The predicted molar refractivity (Wildman–Crippen MR) is 270 cm³/mol. The monoisotopic (exact) mass is 1020 g/mol. The van der Waals surface area contributed by atoms with Crippen molar-refractivity contribution in [3.63, 3.8) is 0 Å². The lowest BCUT2D eigenvalue weighted by molar-refractivity contribution is -0.941. The highest BCUT2D eigenvalue weighted by atomic mass is 35.5. The number of fused-ring (bicyclic) bond motifs is 2. The van der Waals surface area contributed by atoms with Crippen LogP contribution in [0.15, 0.2) is 53.6 Å². The molecule has 0 amide bonds. The van der Waals surface area contributed by atoms with Crippen LogP contribution in [-0.2, 0) is 38.3 Å². The molecule has 0 spiro atoms. The van der Waals surface area contributed by atoms with Crippen LogP contribution in [-0.4, -0.2) is 153 Å². The molecule has 2 aliphatic heterocycles. The number of rotatable bonds is 24. The van der Waals surface area contributed by atoms with Crippen molar-refractivity contribution in [2.24, 2.45) is 0 Å². The summed E-state index contributed by atoms with van der Waals surface area (Å²) in [5.41, 5.74) is 6.18. The van der Waals surface area contributed by atoms with Crippen LogP contribution >= 0.6 is 11.6 Å². The third kappa shape index (κ3) is 11.4. The molecule has 392 valence electrons. The number of ether oxygens (including phenoxy) is 13. The second-order valence-corrected chi connectivity index (χ2v) is 18.5. The number of carbonyl (C=O) groups is 2. The van der Waals surface area contributed by atoms with Crippen molar-refractivity contribution in [3.05, 3.63) is 87.0 Å². The van der Waals surface area contributed by atoms with Gasteiger partial charge in [0.15, 0.2) is 46.0 Å². The van der Waals surface area contributed by atoms with E-state index in [1.807, 2.05) is 42.5 Å². The predicted octanol–water partition coefficient (Wildman–Crippen LogP) is 7.85. The minimum Gasteiger partial charge on any atom is -0.493 e. The van der Waals surface area contributed by atoms with Gasteiger partial charge in [-0.25, -0.2) is 9.59 Å². The van der Waals surface area contributed by atoms with E-state index in [1.54, 1.807) is 78.2 Å². The molecule has 6 rings (SSSR count). The Morgan fingerprint density at radius 1 is 0.542 bits per heavy atom. The van der Waals surface area contributed by atoms with Crippen LogP contribution in [0.4, 0.5) is 0 Å². The number of methoxy groups -OCH3 is 11. The summed E-state index contributed by atoms with van der Waals surface area (Å²) in [6, 6.07) is 13.6. The molecule has 4 aromatic rings. The van der Waals surface area contributed by atoms with Gasteiger partial charge in [-0.1, -0.05) is 11.6 Å². The first-order valence-electron chi connectivity index (χ1n) is 23.7. The van der Waals surface area contributed by atoms with Crippen molar-refractivity contribution in [3.8, 4) is 63.2 Å². The highest BCUT2D eigenvalue weighted by molar-refractivity contribution is 6.42. The highest BCUT2D eigenvalue weighted by Crippen LogP contribution is 2.52. The van der Waals surface area contributed by atoms with Crippen LogP contribution in [0.5, 0.6) is 63.2 Å². The van der Waals surface area contributed by atoms with Crippen LogP contribution in [0.1, 0.15) is 58.3 Å². The Balaban J connectivity index is 1.12. The van der Waals surface area contributed by atoms with Gasteiger partial charge in [0.1, 0.15) is 17.1 Å². The van der Waals surface area contributed by atoms with Crippen LogP contribution in [0, 0.1) is 0 Å². The van der Waals surface area contributed by atoms with E-state index in [0.29, 0.717) is 105 Å². The van der Waals surface area contributed by atoms with E-state index in [9.17, 15) is 9.59 Å². The van der Waals surface area contributed by atoms with Gasteiger partial charge < -0.3 is 70.5 Å². The number of hydrogen-bond donors (Lipinski definition) is 0. The van der Waals surface area contributed by atoms with E-state index >= 15 is 0 Å². The Kier molecular flexibility index (Phi) is 18.5. The first kappa shape index (κ1) is 54.9. The Morgan fingerprint density at radius 2 is 1.00 bits per heavy atom. The Hall–Kier alpha value is -6.43. The number of likely N-dealkylation sites (N-methyl/N-ethyl adjacent to an activating group) is 2. The Labute approximate surface area is 428 Å². The van der Waals surface area contributed by atoms with E-state index in [1.165, 1.54) is 0 Å². The molecule has 0 aromatic heterocycles. The van der Waals surface area contributed by atoms with Gasteiger partial charge in [0.2, 0.25) is 17.2 Å². The number of halogens is 1. The molecule has 0 saturated carbocycles. The molecule has 4 atom stereocenters. The summed E-state index contributed by atoms with van der Waals surface area (Å²) in [6.07, 6.45) is 4.03. The zero-order valence-corrected chi connectivity index (χ0v) is 44.7. The van der Waals surface area contributed by atoms with Gasteiger partial charge in [-0.15, -0.1) is 0 Å². The zero-order chi connectivity index (χ0) is 52.3. The second-order valence-electron chi connectivity index (χ2n) is 18.1. The fourth-order valence-corrected chi connectivity index (χ4v) is 10.6. The third-order valence-corrected chi connectivity index (χ3v) is 14.4. The standard InChI is InChI=1S/C54H71ClN2O15/c1-56(20-17-35-28-46(66-9)52(69-12)53(70-13)48(35)39(56)24-33-25-42(62-5)50(67-10)43(26-33)63-6)18-14-23-72-54(59)38(55)32-47(58)71-22-15-19-57(2)21-16-34-27-40(60-3)41(61-4)31-37(34)49(57)36-29-44(64-7)51(68-11)45(30-36)65-8/h25-32,39,49H,14-24H2,1-13H3/q+2/b38-32-/t39-,49+,56-,57+/m1/s1. The normalized spacial score (nSPS) is 19.2. The molecule has 0 bridgehead atoms. The fraction of sp³-hybridized carbons (Fsp3) is 0.481. The number of carbonyl (C=O) groups excluding carboxylic acids is 2. The second kappa shape index (κ2) is 24.3. The summed E-state index contributed by atoms with van der Waals surface area (Å²) in [7, 11) is 21.9. The summed E-state index contributed by atoms with van der Waals surface area (Å²) in [4.78, 5) is 26.3. The molecule has 2 heterocycles. The van der Waals surface area contributed by atoms with E-state index in [0.717, 1.165) is 65.4 Å². The molecule has 0 aliphatic carbocycles. The average Bonchev–Trinajstić information content (AvgIpc) is 3.39. The third-order valence-electron chi connectivity index (χ3n) is 14.1. The van der Waals surface area contributed by atoms with Crippen molar-refractivity contribution in [2.75, 3.05) is 132 Å². The topological polar surface area (TPSA) is 154 Å². The Morgan fingerprint density at radius 3 is 1.54 bits per heavy atom. The maximum Gasteiger partial charge on any atom is 0.350 e. The smallest absolute Gasteiger partial charge is 0.350 e. The van der Waals surface area contributed by atoms with E-state index < -0.39 is 11.9 Å². The first-order chi connectivity index (χ1) is 34.6. The van der Waals surface area contributed by atoms with Crippen molar-refractivity contribution in [1.29, 1.82) is 0 Å². The summed E-state index contributed by atoms with van der Waals surface area (Å²) in [5.74, 6) is 4.53. The highest BCUT2D eigenvalue weighted by Gasteiger charge is 2.44. The number of quaternary nitrogens is 2. The number of nitrogens with zero attached hydrogens (tertiary/aromatic N) is 2. The van der Waals surface area contributed by atoms with Crippen LogP contribution < -0.4 is 52.1 Å². The molecule has 0 N–H and O–H groups in total. The molecule has 4 aromatic carbocycles. The first-order valence-corrected chi connectivity index (χ1v) is 24.1. The minimum absolute atomic E-state index is 0.0595. The number of benzene rings is 4.